The molecule has 3 N–H and O–H groups in total. The maximum Gasteiger partial charge on any atom is 0.271 e. The highest BCUT2D eigenvalue weighted by Crippen LogP contribution is 2.34. The second-order valence-corrected chi connectivity index (χ2v) is 12.2. The van der Waals surface area contributed by atoms with Crippen molar-refractivity contribution in [1.29, 1.82) is 0 Å². The molecule has 228 valence electrons. The Morgan fingerprint density at radius 2 is 1.62 bits per heavy atom. The minimum Gasteiger partial charge on any atom is -0.493 e. The van der Waals surface area contributed by atoms with Gasteiger partial charge in [0.05, 0.1) is 22.6 Å². The number of benzene rings is 4. The number of anilines is 3. The van der Waals surface area contributed by atoms with E-state index >= 15 is 0 Å². The molecule has 0 aliphatic carbocycles. The Bertz CT molecular complexity index is 1830. The summed E-state index contributed by atoms with van der Waals surface area (Å²) in [5, 5.41) is 14.0. The van der Waals surface area contributed by atoms with Crippen molar-refractivity contribution in [2.75, 3.05) is 24.4 Å². The number of amides is 2. The van der Waals surface area contributed by atoms with Gasteiger partial charge in [0, 0.05) is 37.9 Å². The van der Waals surface area contributed by atoms with Crippen molar-refractivity contribution in [2.45, 2.75) is 0 Å². The van der Waals surface area contributed by atoms with Crippen molar-refractivity contribution in [2.24, 2.45) is 5.10 Å². The highest BCUT2D eigenvalue weighted by Gasteiger charge is 2.14. The van der Waals surface area contributed by atoms with Crippen molar-refractivity contribution >= 4 is 91.7 Å². The average Bonchev–Trinajstić information content (AvgIpc) is 3.51. The molecule has 2 amide bonds. The Morgan fingerprint density at radius 3 is 2.29 bits per heavy atom. The van der Waals surface area contributed by atoms with E-state index < -0.39 is 0 Å². The van der Waals surface area contributed by atoms with Gasteiger partial charge in [0.15, 0.2) is 23.2 Å². The lowest BCUT2D eigenvalue weighted by molar-refractivity contribution is -0.118. The molecule has 0 unspecified atom stereocenters. The summed E-state index contributed by atoms with van der Waals surface area (Å²) in [5.74, 6) is 0.130. The molecule has 9 nitrogen and oxygen atoms in total. The van der Waals surface area contributed by atoms with Crippen LogP contribution in [0.4, 0.5) is 16.5 Å². The molecule has 0 atom stereocenters. The number of halogens is 3. The van der Waals surface area contributed by atoms with E-state index in [4.69, 9.17) is 32.7 Å². The summed E-state index contributed by atoms with van der Waals surface area (Å²) in [6.07, 6.45) is 1.50. The van der Waals surface area contributed by atoms with E-state index in [1.165, 1.54) is 24.7 Å². The van der Waals surface area contributed by atoms with Crippen molar-refractivity contribution in [1.82, 2.24) is 10.4 Å². The van der Waals surface area contributed by atoms with Gasteiger partial charge in [0.25, 0.3) is 11.8 Å². The van der Waals surface area contributed by atoms with Crippen LogP contribution in [0.1, 0.15) is 15.9 Å². The first-order chi connectivity index (χ1) is 21.8. The third kappa shape index (κ3) is 8.94. The van der Waals surface area contributed by atoms with Gasteiger partial charge < -0.3 is 20.1 Å². The molecule has 0 saturated carbocycles. The number of ether oxygens (including phenoxy) is 2. The van der Waals surface area contributed by atoms with E-state index in [0.29, 0.717) is 41.9 Å². The molecule has 13 heteroatoms. The van der Waals surface area contributed by atoms with Crippen LogP contribution in [0, 0.1) is 3.57 Å². The van der Waals surface area contributed by atoms with Crippen LogP contribution in [-0.4, -0.2) is 36.7 Å². The monoisotopic (exact) mass is 771 g/mol. The Balaban J connectivity index is 1.15. The molecular formula is C32H24Cl2IN5O4S. The maximum absolute atomic E-state index is 12.7. The average molecular weight is 772 g/mol. The number of carbonyl (C=O) groups excluding carboxylic acids is 2. The molecule has 0 bridgehead atoms. The summed E-state index contributed by atoms with van der Waals surface area (Å²) in [5.41, 5.74) is 6.81. The fourth-order valence-corrected chi connectivity index (χ4v) is 5.74. The predicted molar refractivity (Wildman–Crippen MR) is 189 cm³/mol. The molecule has 4 aromatic carbocycles. The number of hydrogen-bond acceptors (Lipinski definition) is 8. The van der Waals surface area contributed by atoms with Crippen LogP contribution >= 0.6 is 57.1 Å². The zero-order chi connectivity index (χ0) is 31.8. The Labute approximate surface area is 286 Å². The normalized spacial score (nSPS) is 10.8. The van der Waals surface area contributed by atoms with Gasteiger partial charge >= 0.3 is 0 Å². The molecule has 5 aromatic rings. The largest absolute Gasteiger partial charge is 0.493 e. The topological polar surface area (TPSA) is 114 Å². The van der Waals surface area contributed by atoms with E-state index in [-0.39, 0.29) is 18.4 Å². The lowest BCUT2D eigenvalue weighted by atomic mass is 10.1. The summed E-state index contributed by atoms with van der Waals surface area (Å²) in [7, 11) is 1.50. The standard InChI is InChI=1S/C32H24Cl2IN5O4S/c1-43-28-15-19(14-26(35)30(28)44-17-29(41)37-24-10-6-22(33)7-11-24)16-36-40-31(42)21-4-2-20(3-5-21)27-18-45-32(39-27)38-25-12-8-23(34)9-13-25/h2-16,18H,17H2,1H3,(H,37,41)(H,38,39)(H,40,42)/b36-16-. The molecule has 0 radical (unpaired) electrons. The van der Waals surface area contributed by atoms with Crippen LogP contribution in [0.25, 0.3) is 11.3 Å². The predicted octanol–water partition coefficient (Wildman–Crippen LogP) is 8.26. The molecule has 0 aliphatic rings. The summed E-state index contributed by atoms with van der Waals surface area (Å²) in [6.45, 7) is -0.221. The van der Waals surface area contributed by atoms with Crippen molar-refractivity contribution in [3.8, 4) is 22.8 Å². The SMILES string of the molecule is COc1cc(/C=N\NC(=O)c2ccc(-c3csc(Nc4ccc(Cl)cc4)n3)cc2)cc(I)c1OCC(=O)Nc1ccc(Cl)cc1. The van der Waals surface area contributed by atoms with E-state index in [9.17, 15) is 9.59 Å². The molecule has 0 fully saturated rings. The first kappa shape index (κ1) is 32.2. The number of methoxy groups -OCH3 is 1. The first-order valence-corrected chi connectivity index (χ1v) is 16.0. The van der Waals surface area contributed by atoms with Crippen LogP contribution in [0.5, 0.6) is 11.5 Å². The lowest BCUT2D eigenvalue weighted by Gasteiger charge is -2.13. The van der Waals surface area contributed by atoms with E-state index in [1.807, 2.05) is 41.8 Å². The Hall–Kier alpha value is -4.17. The zero-order valence-corrected chi connectivity index (χ0v) is 28.0. The number of thiazole rings is 1. The Morgan fingerprint density at radius 1 is 0.956 bits per heavy atom. The van der Waals surface area contributed by atoms with Gasteiger partial charge in [-0.2, -0.15) is 5.10 Å². The van der Waals surface area contributed by atoms with E-state index in [0.717, 1.165) is 22.1 Å². The molecule has 0 spiro atoms. The van der Waals surface area contributed by atoms with E-state index in [2.05, 4.69) is 48.7 Å². The summed E-state index contributed by atoms with van der Waals surface area (Å²) < 4.78 is 11.9. The molecule has 1 heterocycles. The Kier molecular flexibility index (Phi) is 10.9. The van der Waals surface area contributed by atoms with Gasteiger partial charge in [-0.25, -0.2) is 10.4 Å². The molecule has 0 aliphatic heterocycles. The molecule has 5 rings (SSSR count). The van der Waals surface area contributed by atoms with Crippen molar-refractivity contribution < 1.29 is 19.1 Å². The minimum atomic E-state index is -0.366. The van der Waals surface area contributed by atoms with E-state index in [1.54, 1.807) is 48.5 Å². The minimum absolute atomic E-state index is 0.221. The maximum atomic E-state index is 12.7. The highest BCUT2D eigenvalue weighted by atomic mass is 127. The molecule has 45 heavy (non-hydrogen) atoms. The quantitative estimate of drug-likeness (QED) is 0.0709. The van der Waals surface area contributed by atoms with Gasteiger partial charge in [-0.3, -0.25) is 9.59 Å². The fourth-order valence-electron chi connectivity index (χ4n) is 3.97. The number of rotatable bonds is 11. The lowest BCUT2D eigenvalue weighted by Crippen LogP contribution is -2.20. The molecule has 0 saturated heterocycles. The molecule has 1 aromatic heterocycles. The van der Waals surface area contributed by atoms with Gasteiger partial charge in [-0.05, 0) is 101 Å². The van der Waals surface area contributed by atoms with Gasteiger partial charge in [-0.15, -0.1) is 11.3 Å². The third-order valence-corrected chi connectivity index (χ3v) is 8.21. The van der Waals surface area contributed by atoms with Crippen LogP contribution in [0.3, 0.4) is 0 Å². The number of nitrogens with zero attached hydrogens (tertiary/aromatic N) is 2. The van der Waals surface area contributed by atoms with Crippen molar-refractivity contribution in [3.05, 3.63) is 115 Å². The number of hydrazone groups is 1. The molecular weight excluding hydrogens is 748 g/mol. The number of carbonyl (C=O) groups is 2. The summed E-state index contributed by atoms with van der Waals surface area (Å²) in [6, 6.07) is 24.8. The smallest absolute Gasteiger partial charge is 0.271 e. The number of hydrogen-bond donors (Lipinski definition) is 3. The van der Waals surface area contributed by atoms with Gasteiger partial charge in [-0.1, -0.05) is 35.3 Å². The van der Waals surface area contributed by atoms with Crippen LogP contribution in [0.2, 0.25) is 10.0 Å². The van der Waals surface area contributed by atoms with Crippen molar-refractivity contribution in [3.63, 3.8) is 0 Å². The van der Waals surface area contributed by atoms with Gasteiger partial charge in [0.2, 0.25) is 0 Å². The summed E-state index contributed by atoms with van der Waals surface area (Å²) in [4.78, 5) is 29.7. The first-order valence-electron chi connectivity index (χ1n) is 13.2. The fraction of sp³-hybridized carbons (Fsp3) is 0.0625. The second kappa shape index (κ2) is 15.2. The summed E-state index contributed by atoms with van der Waals surface area (Å²) >= 11 is 15.4. The van der Waals surface area contributed by atoms with Crippen LogP contribution < -0.4 is 25.5 Å². The number of nitrogens with one attached hydrogen (secondary N) is 3. The zero-order valence-electron chi connectivity index (χ0n) is 23.5. The number of aromatic nitrogens is 1. The highest BCUT2D eigenvalue weighted by molar-refractivity contribution is 14.1. The van der Waals surface area contributed by atoms with Gasteiger partial charge in [0.1, 0.15) is 0 Å². The van der Waals surface area contributed by atoms with Crippen LogP contribution in [-0.2, 0) is 4.79 Å². The van der Waals surface area contributed by atoms with Crippen LogP contribution in [0.15, 0.2) is 95.4 Å². The second-order valence-electron chi connectivity index (χ2n) is 9.32. The third-order valence-electron chi connectivity index (χ3n) is 6.15.